The fraction of sp³-hybridized carbons (Fsp3) is 0.647. The number of hydrogen-bond acceptors (Lipinski definition) is 3. The van der Waals surface area contributed by atoms with Crippen LogP contribution in [0.2, 0.25) is 0 Å². The lowest BCUT2D eigenvalue weighted by molar-refractivity contribution is 0.0619. The Labute approximate surface area is 122 Å². The Morgan fingerprint density at radius 1 is 1.35 bits per heavy atom. The van der Waals surface area contributed by atoms with Gasteiger partial charge in [-0.25, -0.2) is 0 Å². The van der Waals surface area contributed by atoms with Crippen molar-refractivity contribution in [2.45, 2.75) is 58.3 Å². The number of nitrogens with one attached hydrogen (secondary N) is 1. The van der Waals surface area contributed by atoms with E-state index < -0.39 is 0 Å². The van der Waals surface area contributed by atoms with Gasteiger partial charge in [0, 0.05) is 24.6 Å². The minimum atomic E-state index is -0.111. The Bertz CT molecular complexity index is 429. The van der Waals surface area contributed by atoms with Crippen molar-refractivity contribution >= 4 is 0 Å². The van der Waals surface area contributed by atoms with E-state index in [2.05, 4.69) is 51.2 Å². The maximum Gasteiger partial charge on any atom is 0.124 e. The van der Waals surface area contributed by atoms with Crippen molar-refractivity contribution in [3.8, 4) is 5.75 Å². The Balaban J connectivity index is 1.90. The molecule has 0 spiro atoms. The van der Waals surface area contributed by atoms with Gasteiger partial charge in [0.15, 0.2) is 0 Å². The summed E-state index contributed by atoms with van der Waals surface area (Å²) in [6, 6.07) is 8.71. The van der Waals surface area contributed by atoms with Gasteiger partial charge in [-0.15, -0.1) is 0 Å². The third-order valence-electron chi connectivity index (χ3n) is 3.54. The fourth-order valence-electron chi connectivity index (χ4n) is 2.65. The third kappa shape index (κ3) is 4.22. The number of para-hydroxylation sites is 1. The molecule has 0 saturated carbocycles. The Hall–Kier alpha value is -1.06. The predicted molar refractivity (Wildman–Crippen MR) is 82.2 cm³/mol. The summed E-state index contributed by atoms with van der Waals surface area (Å²) in [5, 5.41) is 3.65. The molecule has 1 heterocycles. The van der Waals surface area contributed by atoms with Crippen molar-refractivity contribution in [2.75, 3.05) is 13.2 Å². The fourth-order valence-corrected chi connectivity index (χ4v) is 2.65. The first-order valence-electron chi connectivity index (χ1n) is 7.61. The van der Waals surface area contributed by atoms with Crippen LogP contribution in [-0.2, 0) is 4.74 Å². The number of fused-ring (bicyclic) bond motifs is 1. The standard InChI is InChI=1S/C17H27NO2/c1-13(2)19-11-7-10-18-15-12-17(3,4)20-16-9-6-5-8-14(15)16/h5-6,8-9,13,15,18H,7,10-12H2,1-4H3. The highest BCUT2D eigenvalue weighted by Gasteiger charge is 2.32. The minimum absolute atomic E-state index is 0.111. The van der Waals surface area contributed by atoms with Crippen LogP contribution in [0.5, 0.6) is 5.75 Å². The smallest absolute Gasteiger partial charge is 0.124 e. The summed E-state index contributed by atoms with van der Waals surface area (Å²) in [6.45, 7) is 10.2. The van der Waals surface area contributed by atoms with Crippen LogP contribution >= 0.6 is 0 Å². The number of hydrogen-bond donors (Lipinski definition) is 1. The maximum absolute atomic E-state index is 6.04. The van der Waals surface area contributed by atoms with Gasteiger partial charge in [-0.3, -0.25) is 0 Å². The van der Waals surface area contributed by atoms with E-state index in [0.717, 1.165) is 31.7 Å². The van der Waals surface area contributed by atoms with Gasteiger partial charge >= 0.3 is 0 Å². The highest BCUT2D eigenvalue weighted by molar-refractivity contribution is 5.38. The van der Waals surface area contributed by atoms with Crippen LogP contribution in [0.4, 0.5) is 0 Å². The van der Waals surface area contributed by atoms with Crippen LogP contribution in [0, 0.1) is 0 Å². The van der Waals surface area contributed by atoms with Crippen molar-refractivity contribution in [3.63, 3.8) is 0 Å². The van der Waals surface area contributed by atoms with Crippen LogP contribution in [0.25, 0.3) is 0 Å². The summed E-state index contributed by atoms with van der Waals surface area (Å²) < 4.78 is 11.6. The topological polar surface area (TPSA) is 30.5 Å². The molecule has 1 aliphatic rings. The molecular formula is C17H27NO2. The largest absolute Gasteiger partial charge is 0.487 e. The average Bonchev–Trinajstić information content (AvgIpc) is 2.36. The third-order valence-corrected chi connectivity index (χ3v) is 3.54. The van der Waals surface area contributed by atoms with Gasteiger partial charge < -0.3 is 14.8 Å². The summed E-state index contributed by atoms with van der Waals surface area (Å²) >= 11 is 0. The van der Waals surface area contributed by atoms with E-state index in [1.165, 1.54) is 5.56 Å². The highest BCUT2D eigenvalue weighted by Crippen LogP contribution is 2.39. The lowest BCUT2D eigenvalue weighted by Crippen LogP contribution is -2.39. The van der Waals surface area contributed by atoms with Gasteiger partial charge in [-0.05, 0) is 46.7 Å². The van der Waals surface area contributed by atoms with E-state index in [-0.39, 0.29) is 5.60 Å². The molecule has 1 atom stereocenters. The van der Waals surface area contributed by atoms with Gasteiger partial charge in [0.2, 0.25) is 0 Å². The zero-order valence-electron chi connectivity index (χ0n) is 13.1. The van der Waals surface area contributed by atoms with E-state index in [1.54, 1.807) is 0 Å². The molecule has 3 nitrogen and oxygen atoms in total. The number of rotatable bonds is 6. The molecule has 1 N–H and O–H groups in total. The molecular weight excluding hydrogens is 250 g/mol. The second kappa shape index (κ2) is 6.59. The molecule has 0 saturated heterocycles. The number of benzene rings is 1. The SMILES string of the molecule is CC(C)OCCCNC1CC(C)(C)Oc2ccccc21. The first kappa shape index (κ1) is 15.3. The van der Waals surface area contributed by atoms with Crippen LogP contribution < -0.4 is 10.1 Å². The van der Waals surface area contributed by atoms with E-state index in [1.807, 2.05) is 6.07 Å². The first-order valence-corrected chi connectivity index (χ1v) is 7.61. The summed E-state index contributed by atoms with van der Waals surface area (Å²) in [5.74, 6) is 1.01. The molecule has 0 radical (unpaired) electrons. The summed E-state index contributed by atoms with van der Waals surface area (Å²) in [5.41, 5.74) is 1.16. The van der Waals surface area contributed by atoms with Gasteiger partial charge in [-0.1, -0.05) is 18.2 Å². The quantitative estimate of drug-likeness (QED) is 0.804. The van der Waals surface area contributed by atoms with Crippen LogP contribution in [0.3, 0.4) is 0 Å². The zero-order valence-corrected chi connectivity index (χ0v) is 13.1. The maximum atomic E-state index is 6.04. The molecule has 1 aliphatic heterocycles. The molecule has 2 rings (SSSR count). The second-order valence-electron chi connectivity index (χ2n) is 6.38. The normalized spacial score (nSPS) is 20.6. The molecule has 0 bridgehead atoms. The van der Waals surface area contributed by atoms with Gasteiger partial charge in [-0.2, -0.15) is 0 Å². The van der Waals surface area contributed by atoms with Crippen LogP contribution in [0.1, 0.15) is 52.1 Å². The molecule has 0 amide bonds. The van der Waals surface area contributed by atoms with E-state index in [4.69, 9.17) is 9.47 Å². The van der Waals surface area contributed by atoms with Crippen molar-refractivity contribution in [1.29, 1.82) is 0 Å². The second-order valence-corrected chi connectivity index (χ2v) is 6.38. The molecule has 0 fully saturated rings. The van der Waals surface area contributed by atoms with Crippen LogP contribution in [0.15, 0.2) is 24.3 Å². The highest BCUT2D eigenvalue weighted by atomic mass is 16.5. The Morgan fingerprint density at radius 3 is 2.85 bits per heavy atom. The van der Waals surface area contributed by atoms with Crippen molar-refractivity contribution in [1.82, 2.24) is 5.32 Å². The van der Waals surface area contributed by atoms with Gasteiger partial charge in [0.25, 0.3) is 0 Å². The molecule has 1 unspecified atom stereocenters. The van der Waals surface area contributed by atoms with Crippen molar-refractivity contribution < 1.29 is 9.47 Å². The molecule has 0 aromatic heterocycles. The lowest BCUT2D eigenvalue weighted by Gasteiger charge is -2.38. The Morgan fingerprint density at radius 2 is 2.10 bits per heavy atom. The molecule has 1 aromatic rings. The van der Waals surface area contributed by atoms with Crippen molar-refractivity contribution in [2.24, 2.45) is 0 Å². The molecule has 0 aliphatic carbocycles. The average molecular weight is 277 g/mol. The summed E-state index contributed by atoms with van der Waals surface area (Å²) in [4.78, 5) is 0. The van der Waals surface area contributed by atoms with E-state index >= 15 is 0 Å². The van der Waals surface area contributed by atoms with Crippen molar-refractivity contribution in [3.05, 3.63) is 29.8 Å². The van der Waals surface area contributed by atoms with Crippen LogP contribution in [-0.4, -0.2) is 24.9 Å². The first-order chi connectivity index (χ1) is 9.48. The molecule has 3 heteroatoms. The monoisotopic (exact) mass is 277 g/mol. The minimum Gasteiger partial charge on any atom is -0.487 e. The predicted octanol–water partition coefficient (Wildman–Crippen LogP) is 3.69. The molecule has 112 valence electrons. The number of ether oxygens (including phenoxy) is 2. The van der Waals surface area contributed by atoms with Gasteiger partial charge in [0.05, 0.1) is 6.10 Å². The zero-order chi connectivity index (χ0) is 14.6. The lowest BCUT2D eigenvalue weighted by atomic mass is 9.89. The van der Waals surface area contributed by atoms with E-state index in [9.17, 15) is 0 Å². The summed E-state index contributed by atoms with van der Waals surface area (Å²) in [6.07, 6.45) is 2.35. The molecule has 1 aromatic carbocycles. The summed E-state index contributed by atoms with van der Waals surface area (Å²) in [7, 11) is 0. The van der Waals surface area contributed by atoms with Gasteiger partial charge in [0.1, 0.15) is 11.4 Å². The molecule has 20 heavy (non-hydrogen) atoms. The Kier molecular flexibility index (Phi) is 5.06. The van der Waals surface area contributed by atoms with E-state index in [0.29, 0.717) is 12.1 Å².